The molecule has 0 bridgehead atoms. The number of ether oxygens (including phenoxy) is 2. The SMILES string of the molecule is O=C(C1CCCO1)N1CCC(OCCBr)CC1. The van der Waals surface area contributed by atoms with Gasteiger partial charge in [0, 0.05) is 25.0 Å². The first-order valence-electron chi connectivity index (χ1n) is 6.39. The summed E-state index contributed by atoms with van der Waals surface area (Å²) in [5.41, 5.74) is 0. The van der Waals surface area contributed by atoms with E-state index in [0.717, 1.165) is 57.3 Å². The normalized spacial score (nSPS) is 26.4. The van der Waals surface area contributed by atoms with Crippen LogP contribution in [0.5, 0.6) is 0 Å². The van der Waals surface area contributed by atoms with Crippen LogP contribution in [0.3, 0.4) is 0 Å². The van der Waals surface area contributed by atoms with Crippen LogP contribution in [0.1, 0.15) is 25.7 Å². The molecule has 0 radical (unpaired) electrons. The summed E-state index contributed by atoms with van der Waals surface area (Å²) in [6.45, 7) is 3.11. The van der Waals surface area contributed by atoms with Crippen molar-refractivity contribution in [3.05, 3.63) is 0 Å². The van der Waals surface area contributed by atoms with Crippen LogP contribution in [-0.4, -0.2) is 54.6 Å². The fourth-order valence-electron chi connectivity index (χ4n) is 2.43. The van der Waals surface area contributed by atoms with Crippen LogP contribution >= 0.6 is 15.9 Å². The number of hydrogen-bond donors (Lipinski definition) is 0. The maximum atomic E-state index is 12.1. The van der Waals surface area contributed by atoms with E-state index in [0.29, 0.717) is 6.10 Å². The molecule has 0 aromatic carbocycles. The van der Waals surface area contributed by atoms with Gasteiger partial charge in [-0.25, -0.2) is 0 Å². The van der Waals surface area contributed by atoms with Crippen molar-refractivity contribution in [2.24, 2.45) is 0 Å². The second-order valence-corrected chi connectivity index (χ2v) is 5.38. The number of carbonyl (C=O) groups is 1. The Morgan fingerprint density at radius 2 is 2.12 bits per heavy atom. The lowest BCUT2D eigenvalue weighted by Crippen LogP contribution is -2.45. The minimum atomic E-state index is -0.171. The molecule has 2 aliphatic heterocycles. The molecule has 1 amide bonds. The molecule has 2 saturated heterocycles. The van der Waals surface area contributed by atoms with E-state index in [1.807, 2.05) is 4.90 Å². The molecule has 5 heteroatoms. The highest BCUT2D eigenvalue weighted by Gasteiger charge is 2.30. The minimum Gasteiger partial charge on any atom is -0.377 e. The number of halogens is 1. The van der Waals surface area contributed by atoms with Gasteiger partial charge in [-0.15, -0.1) is 0 Å². The molecule has 0 saturated carbocycles. The third-order valence-corrected chi connectivity index (χ3v) is 3.71. The van der Waals surface area contributed by atoms with Crippen molar-refractivity contribution in [3.63, 3.8) is 0 Å². The Bertz CT molecular complexity index is 248. The molecule has 0 aliphatic carbocycles. The Balaban J connectivity index is 1.72. The van der Waals surface area contributed by atoms with E-state index >= 15 is 0 Å². The predicted octanol–water partition coefficient (Wildman–Crippen LogP) is 1.57. The third-order valence-electron chi connectivity index (χ3n) is 3.39. The zero-order chi connectivity index (χ0) is 12.1. The van der Waals surface area contributed by atoms with Crippen LogP contribution < -0.4 is 0 Å². The molecular weight excluding hydrogens is 286 g/mol. The molecule has 98 valence electrons. The van der Waals surface area contributed by atoms with Gasteiger partial charge in [0.05, 0.1) is 12.7 Å². The zero-order valence-corrected chi connectivity index (χ0v) is 11.7. The van der Waals surface area contributed by atoms with Crippen molar-refractivity contribution in [3.8, 4) is 0 Å². The molecular formula is C12H20BrNO3. The Morgan fingerprint density at radius 1 is 1.35 bits per heavy atom. The monoisotopic (exact) mass is 305 g/mol. The van der Waals surface area contributed by atoms with E-state index in [-0.39, 0.29) is 12.0 Å². The first-order chi connectivity index (χ1) is 8.31. The summed E-state index contributed by atoms with van der Waals surface area (Å²) < 4.78 is 11.1. The molecule has 1 unspecified atom stereocenters. The number of piperidine rings is 1. The van der Waals surface area contributed by atoms with Gasteiger partial charge in [0.1, 0.15) is 6.10 Å². The van der Waals surface area contributed by atoms with Gasteiger partial charge in [-0.1, -0.05) is 15.9 Å². The van der Waals surface area contributed by atoms with Crippen LogP contribution in [-0.2, 0) is 14.3 Å². The van der Waals surface area contributed by atoms with Crippen molar-refractivity contribution in [1.29, 1.82) is 0 Å². The van der Waals surface area contributed by atoms with Crippen LogP contribution in [0.15, 0.2) is 0 Å². The van der Waals surface area contributed by atoms with Crippen molar-refractivity contribution >= 4 is 21.8 Å². The lowest BCUT2D eigenvalue weighted by atomic mass is 10.1. The summed E-state index contributed by atoms with van der Waals surface area (Å²) in [6.07, 6.45) is 3.95. The molecule has 17 heavy (non-hydrogen) atoms. The molecule has 0 N–H and O–H groups in total. The standard InChI is InChI=1S/C12H20BrNO3/c13-5-9-16-10-3-6-14(7-4-10)12(15)11-2-1-8-17-11/h10-11H,1-9H2. The third kappa shape index (κ3) is 3.66. The van der Waals surface area contributed by atoms with E-state index in [2.05, 4.69) is 15.9 Å². The number of hydrogen-bond acceptors (Lipinski definition) is 3. The topological polar surface area (TPSA) is 38.8 Å². The van der Waals surface area contributed by atoms with Gasteiger partial charge < -0.3 is 14.4 Å². The van der Waals surface area contributed by atoms with Gasteiger partial charge in [-0.2, -0.15) is 0 Å². The summed E-state index contributed by atoms with van der Waals surface area (Å²) in [6, 6.07) is 0. The Labute approximate surface area is 111 Å². The Hall–Kier alpha value is -0.130. The summed E-state index contributed by atoms with van der Waals surface area (Å²) >= 11 is 3.35. The maximum Gasteiger partial charge on any atom is 0.251 e. The number of amides is 1. The average molecular weight is 306 g/mol. The molecule has 2 rings (SSSR count). The fraction of sp³-hybridized carbons (Fsp3) is 0.917. The minimum absolute atomic E-state index is 0.171. The lowest BCUT2D eigenvalue weighted by Gasteiger charge is -2.33. The maximum absolute atomic E-state index is 12.1. The van der Waals surface area contributed by atoms with Gasteiger partial charge in [0.15, 0.2) is 0 Å². The van der Waals surface area contributed by atoms with Crippen molar-refractivity contribution < 1.29 is 14.3 Å². The fourth-order valence-corrected chi connectivity index (χ4v) is 2.62. The Kier molecular flexibility index (Phi) is 5.25. The number of likely N-dealkylation sites (tertiary alicyclic amines) is 1. The van der Waals surface area contributed by atoms with Gasteiger partial charge in [-0.05, 0) is 25.7 Å². The predicted molar refractivity (Wildman–Crippen MR) is 68.3 cm³/mol. The smallest absolute Gasteiger partial charge is 0.251 e. The molecule has 0 spiro atoms. The van der Waals surface area contributed by atoms with Gasteiger partial charge in [0.25, 0.3) is 5.91 Å². The molecule has 1 atom stereocenters. The van der Waals surface area contributed by atoms with Gasteiger partial charge >= 0.3 is 0 Å². The highest BCUT2D eigenvalue weighted by Crippen LogP contribution is 2.19. The molecule has 2 heterocycles. The Morgan fingerprint density at radius 3 is 2.71 bits per heavy atom. The number of alkyl halides is 1. The van der Waals surface area contributed by atoms with E-state index in [9.17, 15) is 4.79 Å². The first kappa shape index (κ1) is 13.3. The van der Waals surface area contributed by atoms with Crippen LogP contribution in [0.25, 0.3) is 0 Å². The largest absolute Gasteiger partial charge is 0.377 e. The lowest BCUT2D eigenvalue weighted by molar-refractivity contribution is -0.143. The van der Waals surface area contributed by atoms with E-state index in [1.165, 1.54) is 0 Å². The van der Waals surface area contributed by atoms with Crippen molar-refractivity contribution in [2.45, 2.75) is 37.9 Å². The van der Waals surface area contributed by atoms with Gasteiger partial charge in [0.2, 0.25) is 0 Å². The first-order valence-corrected chi connectivity index (χ1v) is 7.51. The summed E-state index contributed by atoms with van der Waals surface area (Å²) in [5, 5.41) is 0.877. The number of carbonyl (C=O) groups excluding carboxylic acids is 1. The second-order valence-electron chi connectivity index (χ2n) is 4.59. The quantitative estimate of drug-likeness (QED) is 0.740. The van der Waals surface area contributed by atoms with E-state index < -0.39 is 0 Å². The molecule has 2 fully saturated rings. The van der Waals surface area contributed by atoms with Crippen molar-refractivity contribution in [1.82, 2.24) is 4.90 Å². The van der Waals surface area contributed by atoms with E-state index in [1.54, 1.807) is 0 Å². The number of rotatable bonds is 4. The summed E-state index contributed by atoms with van der Waals surface area (Å²) in [7, 11) is 0. The molecule has 0 aromatic rings. The average Bonchev–Trinajstić information content (AvgIpc) is 2.90. The van der Waals surface area contributed by atoms with Crippen LogP contribution in [0.4, 0.5) is 0 Å². The highest BCUT2D eigenvalue weighted by molar-refractivity contribution is 9.09. The van der Waals surface area contributed by atoms with Crippen LogP contribution in [0, 0.1) is 0 Å². The summed E-state index contributed by atoms with van der Waals surface area (Å²) in [4.78, 5) is 14.0. The number of nitrogens with zero attached hydrogens (tertiary/aromatic N) is 1. The second kappa shape index (κ2) is 6.71. The highest BCUT2D eigenvalue weighted by atomic mass is 79.9. The van der Waals surface area contributed by atoms with Crippen molar-refractivity contribution in [2.75, 3.05) is 31.6 Å². The zero-order valence-electron chi connectivity index (χ0n) is 10.1. The molecule has 0 aromatic heterocycles. The van der Waals surface area contributed by atoms with E-state index in [4.69, 9.17) is 9.47 Å². The van der Waals surface area contributed by atoms with Gasteiger partial charge in [-0.3, -0.25) is 4.79 Å². The molecule has 2 aliphatic rings. The molecule has 4 nitrogen and oxygen atoms in total. The van der Waals surface area contributed by atoms with Crippen LogP contribution in [0.2, 0.25) is 0 Å². The summed E-state index contributed by atoms with van der Waals surface area (Å²) in [5.74, 6) is 0.182.